The molecule has 2 aromatic carbocycles. The van der Waals surface area contributed by atoms with Gasteiger partial charge in [-0.2, -0.15) is 4.39 Å². The van der Waals surface area contributed by atoms with E-state index in [1.165, 1.54) is 12.1 Å². The van der Waals surface area contributed by atoms with Crippen LogP contribution in [0.3, 0.4) is 0 Å². The van der Waals surface area contributed by atoms with Crippen LogP contribution in [0.1, 0.15) is 10.4 Å². The van der Waals surface area contributed by atoms with Gasteiger partial charge in [-0.25, -0.2) is 0 Å². The first-order valence-corrected chi connectivity index (χ1v) is 5.27. The van der Waals surface area contributed by atoms with Gasteiger partial charge in [-0.1, -0.05) is 12.1 Å². The summed E-state index contributed by atoms with van der Waals surface area (Å²) in [5, 5.41) is 10.5. The van der Waals surface area contributed by atoms with Crippen LogP contribution in [-0.4, -0.2) is 11.2 Å². The highest BCUT2D eigenvalue weighted by Gasteiger charge is 2.14. The number of rotatable bonds is 4. The topological polar surface area (TPSA) is 69.4 Å². The van der Waals surface area contributed by atoms with Crippen molar-refractivity contribution in [3.8, 4) is 11.5 Å². The lowest BCUT2D eigenvalue weighted by Gasteiger charge is -2.06. The van der Waals surface area contributed by atoms with E-state index in [-0.39, 0.29) is 5.75 Å². The first-order valence-electron chi connectivity index (χ1n) is 5.27. The minimum atomic E-state index is -0.978. The number of nitro benzene ring substituents is 1. The van der Waals surface area contributed by atoms with Crippen molar-refractivity contribution in [2.75, 3.05) is 0 Å². The molecule has 0 aliphatic heterocycles. The molecule has 0 heterocycles. The normalized spacial score (nSPS) is 9.95. The van der Waals surface area contributed by atoms with E-state index in [0.29, 0.717) is 17.6 Å². The zero-order valence-electron chi connectivity index (χ0n) is 9.58. The summed E-state index contributed by atoms with van der Waals surface area (Å²) < 4.78 is 18.7. The molecule has 96 valence electrons. The number of hydrogen-bond donors (Lipinski definition) is 0. The van der Waals surface area contributed by atoms with E-state index in [9.17, 15) is 19.3 Å². The summed E-state index contributed by atoms with van der Waals surface area (Å²) in [5.74, 6) is -0.516. The smallest absolute Gasteiger partial charge is 0.305 e. The summed E-state index contributed by atoms with van der Waals surface area (Å²) in [6.07, 6.45) is 0.656. The molecule has 0 saturated carbocycles. The van der Waals surface area contributed by atoms with Gasteiger partial charge >= 0.3 is 5.69 Å². The van der Waals surface area contributed by atoms with Crippen LogP contribution in [-0.2, 0) is 0 Å². The van der Waals surface area contributed by atoms with Crippen LogP contribution in [0.5, 0.6) is 11.5 Å². The Morgan fingerprint density at radius 3 is 2.53 bits per heavy atom. The van der Waals surface area contributed by atoms with Crippen molar-refractivity contribution in [2.45, 2.75) is 0 Å². The Kier molecular flexibility index (Phi) is 3.51. The molecule has 0 aromatic heterocycles. The Hall–Kier alpha value is -2.76. The number of nitro groups is 1. The fraction of sp³-hybridized carbons (Fsp3) is 0. The number of nitrogens with zero attached hydrogens (tertiary/aromatic N) is 1. The molecule has 0 saturated heterocycles. The number of halogens is 1. The molecule has 0 amide bonds. The van der Waals surface area contributed by atoms with Gasteiger partial charge in [-0.3, -0.25) is 14.9 Å². The second-order valence-electron chi connectivity index (χ2n) is 3.66. The molecule has 0 N–H and O–H groups in total. The maximum atomic E-state index is 13.4. The van der Waals surface area contributed by atoms with Crippen LogP contribution in [0.25, 0.3) is 0 Å². The molecular formula is C13H8FNO4. The molecule has 19 heavy (non-hydrogen) atoms. The third kappa shape index (κ3) is 2.92. The van der Waals surface area contributed by atoms with E-state index in [1.54, 1.807) is 18.2 Å². The minimum Gasteiger partial charge on any atom is -0.457 e. The van der Waals surface area contributed by atoms with Crippen molar-refractivity contribution in [2.24, 2.45) is 0 Å². The zero-order chi connectivity index (χ0) is 13.8. The number of carbonyl (C=O) groups excluding carboxylic acids is 1. The highest BCUT2D eigenvalue weighted by atomic mass is 19.1. The molecule has 0 aliphatic carbocycles. The van der Waals surface area contributed by atoms with Crippen molar-refractivity contribution in [3.63, 3.8) is 0 Å². The van der Waals surface area contributed by atoms with Crippen LogP contribution < -0.4 is 4.74 Å². The minimum absolute atomic E-state index is 0.117. The summed E-state index contributed by atoms with van der Waals surface area (Å²) in [7, 11) is 0. The van der Waals surface area contributed by atoms with E-state index in [0.717, 1.165) is 12.1 Å². The predicted octanol–water partition coefficient (Wildman–Crippen LogP) is 3.34. The summed E-state index contributed by atoms with van der Waals surface area (Å²) in [5.41, 5.74) is -0.200. The molecule has 0 aliphatic rings. The van der Waals surface area contributed by atoms with Gasteiger partial charge in [0.1, 0.15) is 17.8 Å². The summed E-state index contributed by atoms with van der Waals surface area (Å²) in [6, 6.07) is 9.50. The van der Waals surface area contributed by atoms with E-state index < -0.39 is 16.4 Å². The van der Waals surface area contributed by atoms with Gasteiger partial charge in [-0.05, 0) is 18.2 Å². The SMILES string of the molecule is O=Cc1cccc(Oc2ccc([N+](=O)[O-])c(F)c2)c1. The molecular weight excluding hydrogens is 253 g/mol. The van der Waals surface area contributed by atoms with Crippen molar-refractivity contribution in [1.29, 1.82) is 0 Å². The standard InChI is InChI=1S/C13H8FNO4/c14-12-7-11(4-5-13(12)15(17)18)19-10-3-1-2-9(6-10)8-16/h1-8H. The van der Waals surface area contributed by atoms with Crippen LogP contribution in [0.15, 0.2) is 42.5 Å². The van der Waals surface area contributed by atoms with Crippen molar-refractivity contribution >= 4 is 12.0 Å². The van der Waals surface area contributed by atoms with E-state index in [4.69, 9.17) is 4.74 Å². The van der Waals surface area contributed by atoms with Gasteiger partial charge in [0.2, 0.25) is 5.82 Å². The first kappa shape index (κ1) is 12.7. The molecule has 0 fully saturated rings. The lowest BCUT2D eigenvalue weighted by Crippen LogP contribution is -1.93. The average molecular weight is 261 g/mol. The largest absolute Gasteiger partial charge is 0.457 e. The highest BCUT2D eigenvalue weighted by Crippen LogP contribution is 2.26. The molecule has 0 spiro atoms. The monoisotopic (exact) mass is 261 g/mol. The first-order chi connectivity index (χ1) is 9.10. The van der Waals surface area contributed by atoms with Crippen molar-refractivity contribution < 1.29 is 18.8 Å². The van der Waals surface area contributed by atoms with Gasteiger partial charge in [-0.15, -0.1) is 0 Å². The Bertz CT molecular complexity index is 642. The van der Waals surface area contributed by atoms with Crippen molar-refractivity contribution in [1.82, 2.24) is 0 Å². The average Bonchev–Trinajstić information content (AvgIpc) is 2.38. The molecule has 0 bridgehead atoms. The van der Waals surface area contributed by atoms with Crippen LogP contribution in [0, 0.1) is 15.9 Å². The Balaban J connectivity index is 2.26. The van der Waals surface area contributed by atoms with Gasteiger partial charge in [0.15, 0.2) is 0 Å². The third-order valence-corrected chi connectivity index (χ3v) is 2.35. The van der Waals surface area contributed by atoms with Gasteiger partial charge in [0.25, 0.3) is 0 Å². The maximum absolute atomic E-state index is 13.4. The third-order valence-electron chi connectivity index (χ3n) is 2.35. The van der Waals surface area contributed by atoms with E-state index in [2.05, 4.69) is 0 Å². The number of benzene rings is 2. The second-order valence-corrected chi connectivity index (χ2v) is 3.66. The summed E-state index contributed by atoms with van der Waals surface area (Å²) in [6.45, 7) is 0. The van der Waals surface area contributed by atoms with E-state index in [1.807, 2.05) is 0 Å². The molecule has 2 aromatic rings. The Morgan fingerprint density at radius 1 is 1.16 bits per heavy atom. The van der Waals surface area contributed by atoms with Gasteiger partial charge in [0, 0.05) is 17.7 Å². The lowest BCUT2D eigenvalue weighted by atomic mass is 10.2. The van der Waals surface area contributed by atoms with Gasteiger partial charge < -0.3 is 4.74 Å². The fourth-order valence-electron chi connectivity index (χ4n) is 1.49. The predicted molar refractivity (Wildman–Crippen MR) is 65.0 cm³/mol. The van der Waals surface area contributed by atoms with Gasteiger partial charge in [0.05, 0.1) is 4.92 Å². The number of ether oxygens (including phenoxy) is 1. The van der Waals surface area contributed by atoms with Crippen LogP contribution >= 0.6 is 0 Å². The summed E-state index contributed by atoms with van der Waals surface area (Å²) in [4.78, 5) is 20.2. The number of carbonyl (C=O) groups is 1. The number of aldehydes is 1. The molecule has 0 atom stereocenters. The zero-order valence-corrected chi connectivity index (χ0v) is 9.58. The Labute approximate surface area is 107 Å². The molecule has 0 radical (unpaired) electrons. The fourth-order valence-corrected chi connectivity index (χ4v) is 1.49. The van der Waals surface area contributed by atoms with Crippen molar-refractivity contribution in [3.05, 3.63) is 64.0 Å². The van der Waals surface area contributed by atoms with Crippen LogP contribution in [0.2, 0.25) is 0 Å². The molecule has 6 heteroatoms. The number of hydrogen-bond acceptors (Lipinski definition) is 4. The van der Waals surface area contributed by atoms with Crippen LogP contribution in [0.4, 0.5) is 10.1 Å². The summed E-state index contributed by atoms with van der Waals surface area (Å²) >= 11 is 0. The highest BCUT2D eigenvalue weighted by molar-refractivity contribution is 5.75. The maximum Gasteiger partial charge on any atom is 0.305 e. The molecule has 0 unspecified atom stereocenters. The Morgan fingerprint density at radius 2 is 1.89 bits per heavy atom. The lowest BCUT2D eigenvalue weighted by molar-refractivity contribution is -0.387. The molecule has 5 nitrogen and oxygen atoms in total. The molecule has 2 rings (SSSR count). The quantitative estimate of drug-likeness (QED) is 0.480. The second kappa shape index (κ2) is 5.26. The van der Waals surface area contributed by atoms with E-state index >= 15 is 0 Å².